The van der Waals surface area contributed by atoms with Gasteiger partial charge in [0.15, 0.2) is 11.5 Å². The quantitative estimate of drug-likeness (QED) is 0.752. The van der Waals surface area contributed by atoms with Crippen molar-refractivity contribution < 1.29 is 14.2 Å². The summed E-state index contributed by atoms with van der Waals surface area (Å²) >= 11 is 0. The number of methoxy groups -OCH3 is 3. The van der Waals surface area contributed by atoms with E-state index >= 15 is 0 Å². The van der Waals surface area contributed by atoms with Gasteiger partial charge in [0.1, 0.15) is 6.17 Å². The summed E-state index contributed by atoms with van der Waals surface area (Å²) in [5, 5.41) is 8.33. The van der Waals surface area contributed by atoms with Crippen molar-refractivity contribution in [1.82, 2.24) is 9.78 Å². The molecule has 1 atom stereocenters. The number of anilines is 1. The predicted molar refractivity (Wildman–Crippen MR) is 105 cm³/mol. The minimum absolute atomic E-state index is 0.183. The molecule has 0 saturated carbocycles. The number of ether oxygens (including phenoxy) is 3. The van der Waals surface area contributed by atoms with Crippen LogP contribution in [0, 0.1) is 13.8 Å². The Morgan fingerprint density at radius 1 is 0.926 bits per heavy atom. The highest BCUT2D eigenvalue weighted by Crippen LogP contribution is 2.44. The number of hydrogen-bond donors (Lipinski definition) is 1. The summed E-state index contributed by atoms with van der Waals surface area (Å²) in [7, 11) is 4.85. The molecule has 6 heteroatoms. The number of benzene rings is 2. The van der Waals surface area contributed by atoms with E-state index in [1.807, 2.05) is 23.7 Å². The maximum absolute atomic E-state index is 5.53. The summed E-state index contributed by atoms with van der Waals surface area (Å²) in [4.78, 5) is 0. The van der Waals surface area contributed by atoms with Crippen molar-refractivity contribution in [2.45, 2.75) is 20.0 Å². The van der Waals surface area contributed by atoms with Crippen LogP contribution in [0.5, 0.6) is 17.2 Å². The molecule has 0 spiro atoms. The Hall–Kier alpha value is -3.15. The van der Waals surface area contributed by atoms with Gasteiger partial charge in [-0.25, -0.2) is 4.68 Å². The van der Waals surface area contributed by atoms with Crippen LogP contribution in [-0.2, 0) is 0 Å². The van der Waals surface area contributed by atoms with Gasteiger partial charge in [-0.1, -0.05) is 11.6 Å². The molecule has 3 aromatic rings. The fraction of sp³-hybridized carbons (Fsp3) is 0.286. The standard InChI is InChI=1S/C21H23N3O3/c1-12-6-7-16-15(8-12)17-9-13(2)23-24(17)21(22-16)14-10-18(25-3)20(27-5)19(11-14)26-4/h6-11,21-22H,1-5H3. The molecule has 0 bridgehead atoms. The first-order valence-electron chi connectivity index (χ1n) is 8.79. The van der Waals surface area contributed by atoms with Gasteiger partial charge in [0, 0.05) is 16.8 Å². The molecule has 4 rings (SSSR count). The Balaban J connectivity index is 1.89. The van der Waals surface area contributed by atoms with E-state index in [4.69, 9.17) is 19.3 Å². The SMILES string of the molecule is COc1cc(C2Nc3ccc(C)cc3-c3cc(C)nn32)cc(OC)c1OC. The number of fused-ring (bicyclic) bond motifs is 3. The van der Waals surface area contributed by atoms with Crippen LogP contribution in [0.15, 0.2) is 36.4 Å². The van der Waals surface area contributed by atoms with Crippen LogP contribution in [0.3, 0.4) is 0 Å². The van der Waals surface area contributed by atoms with Gasteiger partial charge < -0.3 is 19.5 Å². The van der Waals surface area contributed by atoms with Crippen molar-refractivity contribution in [1.29, 1.82) is 0 Å². The van der Waals surface area contributed by atoms with E-state index in [0.29, 0.717) is 17.2 Å². The highest BCUT2D eigenvalue weighted by molar-refractivity contribution is 5.79. The van der Waals surface area contributed by atoms with Crippen LogP contribution in [0.2, 0.25) is 0 Å². The van der Waals surface area contributed by atoms with E-state index in [1.165, 1.54) is 5.56 Å². The number of nitrogens with one attached hydrogen (secondary N) is 1. The van der Waals surface area contributed by atoms with Gasteiger partial charge in [0.2, 0.25) is 5.75 Å². The summed E-state index contributed by atoms with van der Waals surface area (Å²) in [6.45, 7) is 4.10. The van der Waals surface area contributed by atoms with Gasteiger partial charge >= 0.3 is 0 Å². The molecule has 1 aliphatic heterocycles. The lowest BCUT2D eigenvalue weighted by atomic mass is 10.0. The molecular formula is C21H23N3O3. The molecule has 1 aliphatic rings. The maximum Gasteiger partial charge on any atom is 0.203 e. The van der Waals surface area contributed by atoms with E-state index in [-0.39, 0.29) is 6.17 Å². The topological polar surface area (TPSA) is 57.5 Å². The molecule has 27 heavy (non-hydrogen) atoms. The first-order valence-corrected chi connectivity index (χ1v) is 8.79. The van der Waals surface area contributed by atoms with E-state index in [2.05, 4.69) is 36.5 Å². The van der Waals surface area contributed by atoms with Crippen LogP contribution < -0.4 is 19.5 Å². The maximum atomic E-state index is 5.53. The molecule has 2 aromatic carbocycles. The zero-order valence-corrected chi connectivity index (χ0v) is 16.2. The minimum atomic E-state index is -0.183. The number of rotatable bonds is 4. The normalized spacial score (nSPS) is 14.8. The largest absolute Gasteiger partial charge is 0.493 e. The number of nitrogens with zero attached hydrogens (tertiary/aromatic N) is 2. The molecule has 0 aliphatic carbocycles. The Morgan fingerprint density at radius 2 is 1.63 bits per heavy atom. The highest BCUT2D eigenvalue weighted by atomic mass is 16.5. The summed E-state index contributed by atoms with van der Waals surface area (Å²) in [6.07, 6.45) is -0.183. The fourth-order valence-corrected chi connectivity index (χ4v) is 3.60. The van der Waals surface area contributed by atoms with Crippen LogP contribution in [0.25, 0.3) is 11.3 Å². The second-order valence-electron chi connectivity index (χ2n) is 6.67. The average molecular weight is 365 g/mol. The van der Waals surface area contributed by atoms with Crippen LogP contribution in [-0.4, -0.2) is 31.1 Å². The summed E-state index contributed by atoms with van der Waals surface area (Å²) in [6, 6.07) is 12.4. The number of hydrogen-bond acceptors (Lipinski definition) is 5. The Kier molecular flexibility index (Phi) is 4.18. The lowest BCUT2D eigenvalue weighted by molar-refractivity contribution is 0.323. The van der Waals surface area contributed by atoms with Crippen molar-refractivity contribution >= 4 is 5.69 Å². The van der Waals surface area contributed by atoms with E-state index < -0.39 is 0 Å². The third-order valence-corrected chi connectivity index (χ3v) is 4.85. The van der Waals surface area contributed by atoms with Gasteiger partial charge in [0.25, 0.3) is 0 Å². The monoisotopic (exact) mass is 365 g/mol. The second-order valence-corrected chi connectivity index (χ2v) is 6.67. The molecule has 1 aromatic heterocycles. The van der Waals surface area contributed by atoms with Crippen molar-refractivity contribution in [3.8, 4) is 28.5 Å². The van der Waals surface area contributed by atoms with Crippen molar-refractivity contribution in [3.63, 3.8) is 0 Å². The Morgan fingerprint density at radius 3 is 2.26 bits per heavy atom. The van der Waals surface area contributed by atoms with Crippen LogP contribution in [0.1, 0.15) is 23.0 Å². The smallest absolute Gasteiger partial charge is 0.203 e. The predicted octanol–water partition coefficient (Wildman–Crippen LogP) is 4.17. The molecule has 0 radical (unpaired) electrons. The molecule has 140 valence electrons. The van der Waals surface area contributed by atoms with E-state index in [1.54, 1.807) is 21.3 Å². The number of aryl methyl sites for hydroxylation is 2. The first kappa shape index (κ1) is 17.3. The molecule has 0 amide bonds. The van der Waals surface area contributed by atoms with Crippen LogP contribution in [0.4, 0.5) is 5.69 Å². The van der Waals surface area contributed by atoms with Crippen molar-refractivity contribution in [2.75, 3.05) is 26.6 Å². The third-order valence-electron chi connectivity index (χ3n) is 4.85. The molecular weight excluding hydrogens is 342 g/mol. The van der Waals surface area contributed by atoms with Gasteiger partial charge in [-0.3, -0.25) is 0 Å². The molecule has 2 heterocycles. The Bertz CT molecular complexity index is 985. The average Bonchev–Trinajstić information content (AvgIpc) is 3.07. The zero-order chi connectivity index (χ0) is 19.1. The highest BCUT2D eigenvalue weighted by Gasteiger charge is 2.28. The molecule has 0 fully saturated rings. The molecule has 6 nitrogen and oxygen atoms in total. The van der Waals surface area contributed by atoms with Gasteiger partial charge in [-0.2, -0.15) is 5.10 Å². The van der Waals surface area contributed by atoms with Gasteiger partial charge in [-0.05, 0) is 44.2 Å². The molecule has 1 unspecified atom stereocenters. The fourth-order valence-electron chi connectivity index (χ4n) is 3.60. The lowest BCUT2D eigenvalue weighted by Gasteiger charge is -2.30. The summed E-state index contributed by atoms with van der Waals surface area (Å²) < 4.78 is 18.5. The summed E-state index contributed by atoms with van der Waals surface area (Å²) in [5.41, 5.74) is 6.47. The number of aromatic nitrogens is 2. The van der Waals surface area contributed by atoms with E-state index in [0.717, 1.165) is 28.2 Å². The minimum Gasteiger partial charge on any atom is -0.493 e. The van der Waals surface area contributed by atoms with Crippen molar-refractivity contribution in [3.05, 3.63) is 53.2 Å². The van der Waals surface area contributed by atoms with Crippen LogP contribution >= 0.6 is 0 Å². The zero-order valence-electron chi connectivity index (χ0n) is 16.2. The van der Waals surface area contributed by atoms with E-state index in [9.17, 15) is 0 Å². The van der Waals surface area contributed by atoms with Gasteiger partial charge in [-0.15, -0.1) is 0 Å². The lowest BCUT2D eigenvalue weighted by Crippen LogP contribution is -2.25. The second kappa shape index (κ2) is 6.54. The summed E-state index contributed by atoms with van der Waals surface area (Å²) in [5.74, 6) is 1.81. The first-order chi connectivity index (χ1) is 13.0. The third kappa shape index (κ3) is 2.77. The molecule has 0 saturated heterocycles. The van der Waals surface area contributed by atoms with Gasteiger partial charge in [0.05, 0.1) is 32.7 Å². The molecule has 1 N–H and O–H groups in total. The van der Waals surface area contributed by atoms with Crippen molar-refractivity contribution in [2.24, 2.45) is 0 Å². The Labute approximate surface area is 158 Å².